The van der Waals surface area contributed by atoms with Gasteiger partial charge >= 0.3 is 0 Å². The first-order valence-electron chi connectivity index (χ1n) is 7.37. The Bertz CT molecular complexity index is 703. The fraction of sp³-hybridized carbons (Fsp3) is 0.250. The van der Waals surface area contributed by atoms with Crippen molar-refractivity contribution >= 4 is 23.0 Å². The second-order valence-electron chi connectivity index (χ2n) is 5.34. The standard InChI is InChI=1S/C16H16N4O3/c21-16-15(18-12-5-7-13(8-6-12)20(22)23)4-2-10-19(16)14-3-1-9-17-11-14/h1,3,5-9,11,15,18H,2,4,10H2/t15-/m1/s1. The lowest BCUT2D eigenvalue weighted by Crippen LogP contribution is -2.47. The Balaban J connectivity index is 1.72. The second kappa shape index (κ2) is 6.43. The molecule has 0 unspecified atom stereocenters. The molecule has 7 heteroatoms. The van der Waals surface area contributed by atoms with E-state index in [1.165, 1.54) is 12.1 Å². The van der Waals surface area contributed by atoms with Crippen molar-refractivity contribution in [3.05, 3.63) is 58.9 Å². The summed E-state index contributed by atoms with van der Waals surface area (Å²) in [5.41, 5.74) is 1.51. The summed E-state index contributed by atoms with van der Waals surface area (Å²) in [7, 11) is 0. The molecule has 2 heterocycles. The summed E-state index contributed by atoms with van der Waals surface area (Å²) in [5.74, 6) is -0.0115. The third kappa shape index (κ3) is 3.28. The minimum Gasteiger partial charge on any atom is -0.374 e. The van der Waals surface area contributed by atoms with E-state index in [1.807, 2.05) is 6.07 Å². The minimum absolute atomic E-state index is 0.0115. The van der Waals surface area contributed by atoms with Crippen molar-refractivity contribution in [2.45, 2.75) is 18.9 Å². The third-order valence-electron chi connectivity index (χ3n) is 3.82. The maximum Gasteiger partial charge on any atom is 0.269 e. The van der Waals surface area contributed by atoms with Gasteiger partial charge in [-0.15, -0.1) is 0 Å². The van der Waals surface area contributed by atoms with Gasteiger partial charge in [-0.1, -0.05) is 0 Å². The number of carbonyl (C=O) groups is 1. The molecule has 1 N–H and O–H groups in total. The van der Waals surface area contributed by atoms with Crippen molar-refractivity contribution in [3.63, 3.8) is 0 Å². The van der Waals surface area contributed by atoms with E-state index in [-0.39, 0.29) is 17.6 Å². The number of aromatic nitrogens is 1. The Hall–Kier alpha value is -2.96. The topological polar surface area (TPSA) is 88.4 Å². The van der Waals surface area contributed by atoms with Crippen LogP contribution in [0.25, 0.3) is 0 Å². The van der Waals surface area contributed by atoms with Gasteiger partial charge in [0.05, 0.1) is 16.8 Å². The van der Waals surface area contributed by atoms with Gasteiger partial charge in [0.25, 0.3) is 5.69 Å². The van der Waals surface area contributed by atoms with Gasteiger partial charge in [-0.3, -0.25) is 19.9 Å². The molecule has 0 saturated carbocycles. The van der Waals surface area contributed by atoms with Crippen LogP contribution < -0.4 is 10.2 Å². The monoisotopic (exact) mass is 312 g/mol. The average molecular weight is 312 g/mol. The summed E-state index contributed by atoms with van der Waals surface area (Å²) in [6, 6.07) is 9.41. The number of benzene rings is 1. The number of nitrogens with zero attached hydrogens (tertiary/aromatic N) is 3. The molecule has 3 rings (SSSR count). The highest BCUT2D eigenvalue weighted by atomic mass is 16.6. The van der Waals surface area contributed by atoms with Crippen molar-refractivity contribution in [1.82, 2.24) is 4.98 Å². The highest BCUT2D eigenvalue weighted by Gasteiger charge is 2.29. The molecule has 1 amide bonds. The van der Waals surface area contributed by atoms with Crippen LogP contribution >= 0.6 is 0 Å². The normalized spacial score (nSPS) is 17.8. The van der Waals surface area contributed by atoms with Crippen molar-refractivity contribution in [1.29, 1.82) is 0 Å². The van der Waals surface area contributed by atoms with E-state index in [4.69, 9.17) is 0 Å². The van der Waals surface area contributed by atoms with E-state index in [2.05, 4.69) is 10.3 Å². The minimum atomic E-state index is -0.445. The van der Waals surface area contributed by atoms with Crippen LogP contribution in [0.4, 0.5) is 17.1 Å². The molecule has 1 fully saturated rings. The molecule has 1 aromatic carbocycles. The molecule has 1 aliphatic rings. The van der Waals surface area contributed by atoms with Crippen LogP contribution in [0.2, 0.25) is 0 Å². The van der Waals surface area contributed by atoms with Crippen LogP contribution in [0, 0.1) is 10.1 Å². The predicted molar refractivity (Wildman–Crippen MR) is 86.3 cm³/mol. The Morgan fingerprint density at radius 3 is 2.70 bits per heavy atom. The van der Waals surface area contributed by atoms with Crippen LogP contribution in [0.15, 0.2) is 48.8 Å². The lowest BCUT2D eigenvalue weighted by Gasteiger charge is -2.32. The summed E-state index contributed by atoms with van der Waals surface area (Å²) < 4.78 is 0. The summed E-state index contributed by atoms with van der Waals surface area (Å²) in [6.45, 7) is 0.670. The summed E-state index contributed by atoms with van der Waals surface area (Å²) in [4.78, 5) is 28.6. The first-order chi connectivity index (χ1) is 11.1. The molecular weight excluding hydrogens is 296 g/mol. The van der Waals surface area contributed by atoms with E-state index >= 15 is 0 Å². The zero-order chi connectivity index (χ0) is 16.2. The maximum atomic E-state index is 12.6. The van der Waals surface area contributed by atoms with E-state index in [0.717, 1.165) is 18.5 Å². The number of nitrogens with one attached hydrogen (secondary N) is 1. The van der Waals surface area contributed by atoms with E-state index in [0.29, 0.717) is 12.2 Å². The van der Waals surface area contributed by atoms with Gasteiger partial charge in [-0.25, -0.2) is 0 Å². The Labute approximate surface area is 133 Å². The highest BCUT2D eigenvalue weighted by Crippen LogP contribution is 2.23. The van der Waals surface area contributed by atoms with E-state index in [9.17, 15) is 14.9 Å². The van der Waals surface area contributed by atoms with Crippen molar-refractivity contribution in [2.75, 3.05) is 16.8 Å². The molecule has 0 bridgehead atoms. The van der Waals surface area contributed by atoms with Crippen LogP contribution in [0.5, 0.6) is 0 Å². The van der Waals surface area contributed by atoms with Crippen LogP contribution in [-0.4, -0.2) is 28.4 Å². The SMILES string of the molecule is O=C1[C@H](Nc2ccc([N+](=O)[O-])cc2)CCCN1c1cccnc1. The fourth-order valence-electron chi connectivity index (χ4n) is 2.66. The highest BCUT2D eigenvalue weighted by molar-refractivity contribution is 5.99. The molecule has 23 heavy (non-hydrogen) atoms. The first-order valence-corrected chi connectivity index (χ1v) is 7.37. The van der Waals surface area contributed by atoms with Gasteiger partial charge in [0.15, 0.2) is 0 Å². The quantitative estimate of drug-likeness (QED) is 0.692. The largest absolute Gasteiger partial charge is 0.374 e. The zero-order valence-corrected chi connectivity index (χ0v) is 12.4. The van der Waals surface area contributed by atoms with Gasteiger partial charge in [0.1, 0.15) is 6.04 Å². The number of pyridine rings is 1. The number of hydrogen-bond acceptors (Lipinski definition) is 5. The Morgan fingerprint density at radius 2 is 2.04 bits per heavy atom. The maximum absolute atomic E-state index is 12.6. The van der Waals surface area contributed by atoms with E-state index < -0.39 is 4.92 Å². The molecule has 118 valence electrons. The summed E-state index contributed by atoms with van der Waals surface area (Å²) in [5, 5.41) is 13.8. The number of piperidine rings is 1. The lowest BCUT2D eigenvalue weighted by molar-refractivity contribution is -0.384. The molecule has 7 nitrogen and oxygen atoms in total. The van der Waals surface area contributed by atoms with Crippen molar-refractivity contribution in [3.8, 4) is 0 Å². The zero-order valence-electron chi connectivity index (χ0n) is 12.4. The Morgan fingerprint density at radius 1 is 1.26 bits per heavy atom. The second-order valence-corrected chi connectivity index (χ2v) is 5.34. The van der Waals surface area contributed by atoms with Crippen LogP contribution in [0.1, 0.15) is 12.8 Å². The smallest absolute Gasteiger partial charge is 0.269 e. The Kier molecular flexibility index (Phi) is 4.18. The predicted octanol–water partition coefficient (Wildman–Crippen LogP) is 2.60. The molecular formula is C16H16N4O3. The van der Waals surface area contributed by atoms with Gasteiger partial charge in [0, 0.05) is 30.6 Å². The van der Waals surface area contributed by atoms with Crippen molar-refractivity contribution in [2.24, 2.45) is 0 Å². The van der Waals surface area contributed by atoms with Gasteiger partial charge in [-0.05, 0) is 37.1 Å². The summed E-state index contributed by atoms with van der Waals surface area (Å²) in [6.07, 6.45) is 4.95. The lowest BCUT2D eigenvalue weighted by atomic mass is 10.0. The molecule has 0 radical (unpaired) electrons. The van der Waals surface area contributed by atoms with Gasteiger partial charge < -0.3 is 10.2 Å². The van der Waals surface area contributed by atoms with Gasteiger partial charge in [0.2, 0.25) is 5.91 Å². The average Bonchev–Trinajstić information content (AvgIpc) is 2.58. The number of non-ortho nitro benzene ring substituents is 1. The number of nitro groups is 1. The van der Waals surface area contributed by atoms with Crippen LogP contribution in [-0.2, 0) is 4.79 Å². The fourth-order valence-corrected chi connectivity index (χ4v) is 2.66. The molecule has 1 aromatic heterocycles. The number of carbonyl (C=O) groups excluding carboxylic acids is 1. The number of amides is 1. The third-order valence-corrected chi connectivity index (χ3v) is 3.82. The number of nitro benzene ring substituents is 1. The number of hydrogen-bond donors (Lipinski definition) is 1. The number of anilines is 2. The van der Waals surface area contributed by atoms with Gasteiger partial charge in [-0.2, -0.15) is 0 Å². The molecule has 2 aromatic rings. The van der Waals surface area contributed by atoms with Crippen LogP contribution in [0.3, 0.4) is 0 Å². The molecule has 1 aliphatic heterocycles. The first kappa shape index (κ1) is 15.0. The summed E-state index contributed by atoms with van der Waals surface area (Å²) >= 11 is 0. The number of rotatable bonds is 4. The van der Waals surface area contributed by atoms with Crippen molar-refractivity contribution < 1.29 is 9.72 Å². The molecule has 0 aliphatic carbocycles. The van der Waals surface area contributed by atoms with E-state index in [1.54, 1.807) is 35.5 Å². The molecule has 0 spiro atoms. The molecule has 1 saturated heterocycles. The molecule has 1 atom stereocenters.